The van der Waals surface area contributed by atoms with E-state index in [1.165, 1.54) is 11.3 Å². The molecule has 2 atom stereocenters. The maximum Gasteiger partial charge on any atom is 0.345 e. The van der Waals surface area contributed by atoms with Gasteiger partial charge in [0.1, 0.15) is 4.88 Å². The van der Waals surface area contributed by atoms with Crippen molar-refractivity contribution in [1.29, 1.82) is 0 Å². The van der Waals surface area contributed by atoms with Crippen LogP contribution in [0.25, 0.3) is 10.1 Å². The van der Waals surface area contributed by atoms with Crippen molar-refractivity contribution in [3.63, 3.8) is 0 Å². The molecule has 1 aromatic heterocycles. The Kier molecular flexibility index (Phi) is 4.13. The molecule has 1 saturated heterocycles. The maximum atomic E-state index is 12.3. The molecule has 6 heteroatoms. The molecule has 1 fully saturated rings. The van der Waals surface area contributed by atoms with Gasteiger partial charge in [0.2, 0.25) is 5.91 Å². The van der Waals surface area contributed by atoms with E-state index >= 15 is 0 Å². The van der Waals surface area contributed by atoms with Gasteiger partial charge in [-0.05, 0) is 49.4 Å². The minimum Gasteiger partial charge on any atom is -0.477 e. The molecule has 0 unspecified atom stereocenters. The average Bonchev–Trinajstić information content (AvgIpc) is 2.90. The summed E-state index contributed by atoms with van der Waals surface area (Å²) in [6.45, 7) is 2.59. The summed E-state index contributed by atoms with van der Waals surface area (Å²) >= 11 is 1.23. The molecule has 0 spiro atoms. The number of carboxylic acids is 1. The van der Waals surface area contributed by atoms with Crippen molar-refractivity contribution in [1.82, 2.24) is 0 Å². The van der Waals surface area contributed by atoms with Gasteiger partial charge in [0, 0.05) is 22.9 Å². The molecule has 1 amide bonds. The molecule has 0 aliphatic carbocycles. The van der Waals surface area contributed by atoms with Crippen LogP contribution in [0.4, 0.5) is 5.69 Å². The molecule has 0 saturated carbocycles. The van der Waals surface area contributed by atoms with Gasteiger partial charge in [0.25, 0.3) is 0 Å². The number of amides is 1. The molecule has 2 aromatic rings. The zero-order valence-corrected chi connectivity index (χ0v) is 13.0. The number of carbonyl (C=O) groups is 2. The number of carboxylic acid groups (broad SMARTS) is 1. The number of hydrogen-bond acceptors (Lipinski definition) is 4. The predicted molar refractivity (Wildman–Crippen MR) is 85.6 cm³/mol. The Morgan fingerprint density at radius 1 is 1.36 bits per heavy atom. The van der Waals surface area contributed by atoms with Crippen LogP contribution in [-0.4, -0.2) is 29.7 Å². The van der Waals surface area contributed by atoms with Crippen LogP contribution in [0.1, 0.15) is 29.4 Å². The van der Waals surface area contributed by atoms with Crippen molar-refractivity contribution in [2.45, 2.75) is 25.9 Å². The normalized spacial score (nSPS) is 21.7. The molecule has 1 aromatic carbocycles. The smallest absolute Gasteiger partial charge is 0.345 e. The summed E-state index contributed by atoms with van der Waals surface area (Å²) in [5, 5.41) is 12.8. The number of carbonyl (C=O) groups excluding carboxylic acids is 1. The SMILES string of the molecule is C[C@H]1C[C@@H](C(=O)Nc2ccc3sc(C(=O)O)cc3c2)CCO1. The van der Waals surface area contributed by atoms with Gasteiger partial charge in [-0.1, -0.05) is 0 Å². The maximum absolute atomic E-state index is 12.3. The van der Waals surface area contributed by atoms with E-state index in [1.54, 1.807) is 6.07 Å². The molecule has 116 valence electrons. The van der Waals surface area contributed by atoms with E-state index in [9.17, 15) is 9.59 Å². The molecular formula is C16H17NO4S. The number of aromatic carboxylic acids is 1. The highest BCUT2D eigenvalue weighted by Crippen LogP contribution is 2.29. The molecule has 5 nitrogen and oxygen atoms in total. The van der Waals surface area contributed by atoms with Crippen molar-refractivity contribution < 1.29 is 19.4 Å². The van der Waals surface area contributed by atoms with Crippen LogP contribution < -0.4 is 5.32 Å². The summed E-state index contributed by atoms with van der Waals surface area (Å²) < 4.78 is 6.36. The molecule has 1 aliphatic heterocycles. The fourth-order valence-corrected chi connectivity index (χ4v) is 3.59. The van der Waals surface area contributed by atoms with Gasteiger partial charge in [-0.2, -0.15) is 0 Å². The topological polar surface area (TPSA) is 75.6 Å². The number of rotatable bonds is 3. The fourth-order valence-electron chi connectivity index (χ4n) is 2.71. The van der Waals surface area contributed by atoms with E-state index in [-0.39, 0.29) is 17.9 Å². The Hall–Kier alpha value is -1.92. The second-order valence-electron chi connectivity index (χ2n) is 5.56. The largest absolute Gasteiger partial charge is 0.477 e. The highest BCUT2D eigenvalue weighted by atomic mass is 32.1. The lowest BCUT2D eigenvalue weighted by Crippen LogP contribution is -2.32. The molecule has 0 bridgehead atoms. The van der Waals surface area contributed by atoms with Crippen LogP contribution in [0.2, 0.25) is 0 Å². The Morgan fingerprint density at radius 2 is 2.18 bits per heavy atom. The lowest BCUT2D eigenvalue weighted by atomic mass is 9.95. The van der Waals surface area contributed by atoms with Gasteiger partial charge >= 0.3 is 5.97 Å². The first kappa shape index (κ1) is 15.0. The van der Waals surface area contributed by atoms with Crippen LogP contribution in [0.3, 0.4) is 0 Å². The number of nitrogens with one attached hydrogen (secondary N) is 1. The summed E-state index contributed by atoms with van der Waals surface area (Å²) in [5.74, 6) is -0.956. The molecule has 3 rings (SSSR count). The van der Waals surface area contributed by atoms with E-state index in [0.29, 0.717) is 17.2 Å². The second kappa shape index (κ2) is 6.06. The number of anilines is 1. The zero-order valence-electron chi connectivity index (χ0n) is 12.2. The molecule has 1 aliphatic rings. The second-order valence-corrected chi connectivity index (χ2v) is 6.64. The first-order valence-corrected chi connectivity index (χ1v) is 8.04. The Bertz CT molecular complexity index is 724. The summed E-state index contributed by atoms with van der Waals surface area (Å²) in [7, 11) is 0. The van der Waals surface area contributed by atoms with Crippen LogP contribution >= 0.6 is 11.3 Å². The van der Waals surface area contributed by atoms with Crippen molar-refractivity contribution in [2.24, 2.45) is 5.92 Å². The highest BCUT2D eigenvalue weighted by Gasteiger charge is 2.25. The van der Waals surface area contributed by atoms with Gasteiger partial charge in [-0.25, -0.2) is 4.79 Å². The van der Waals surface area contributed by atoms with Gasteiger partial charge < -0.3 is 15.2 Å². The predicted octanol–water partition coefficient (Wildman–Crippen LogP) is 3.35. The number of ether oxygens (including phenoxy) is 1. The van der Waals surface area contributed by atoms with Crippen molar-refractivity contribution in [2.75, 3.05) is 11.9 Å². The number of benzene rings is 1. The minimum atomic E-state index is -0.928. The van der Waals surface area contributed by atoms with E-state index in [4.69, 9.17) is 9.84 Å². The van der Waals surface area contributed by atoms with Gasteiger partial charge in [0.15, 0.2) is 0 Å². The minimum absolute atomic E-state index is 0.00295. The van der Waals surface area contributed by atoms with E-state index in [0.717, 1.165) is 22.9 Å². The zero-order chi connectivity index (χ0) is 15.7. The lowest BCUT2D eigenvalue weighted by Gasteiger charge is -2.26. The third-order valence-electron chi connectivity index (χ3n) is 3.85. The highest BCUT2D eigenvalue weighted by molar-refractivity contribution is 7.20. The van der Waals surface area contributed by atoms with Crippen LogP contribution in [0.15, 0.2) is 24.3 Å². The number of hydrogen-bond donors (Lipinski definition) is 2. The Balaban J connectivity index is 1.75. The first-order chi connectivity index (χ1) is 10.5. The van der Waals surface area contributed by atoms with Crippen LogP contribution in [0, 0.1) is 5.92 Å². The monoisotopic (exact) mass is 319 g/mol. The van der Waals surface area contributed by atoms with E-state index < -0.39 is 5.97 Å². The summed E-state index contributed by atoms with van der Waals surface area (Å²) in [6.07, 6.45) is 1.58. The summed E-state index contributed by atoms with van der Waals surface area (Å²) in [5.41, 5.74) is 0.700. The van der Waals surface area contributed by atoms with Crippen molar-refractivity contribution >= 4 is 39.0 Å². The van der Waals surface area contributed by atoms with Crippen LogP contribution in [0.5, 0.6) is 0 Å². The Labute approximate surface area is 131 Å². The van der Waals surface area contributed by atoms with E-state index in [1.807, 2.05) is 25.1 Å². The van der Waals surface area contributed by atoms with Crippen molar-refractivity contribution in [3.8, 4) is 0 Å². The summed E-state index contributed by atoms with van der Waals surface area (Å²) in [4.78, 5) is 23.6. The van der Waals surface area contributed by atoms with Crippen molar-refractivity contribution in [3.05, 3.63) is 29.1 Å². The van der Waals surface area contributed by atoms with Gasteiger partial charge in [0.05, 0.1) is 6.10 Å². The standard InChI is InChI=1S/C16H17NO4S/c1-9-6-10(4-5-21-9)15(18)17-12-2-3-13-11(7-12)8-14(22-13)16(19)20/h2-3,7-10H,4-6H2,1H3,(H,17,18)(H,19,20)/t9-,10-/m0/s1. The quantitative estimate of drug-likeness (QED) is 0.909. The summed E-state index contributed by atoms with van der Waals surface area (Å²) in [6, 6.07) is 7.10. The Morgan fingerprint density at radius 3 is 2.91 bits per heavy atom. The van der Waals surface area contributed by atoms with E-state index in [2.05, 4.69) is 5.32 Å². The molecule has 22 heavy (non-hydrogen) atoms. The van der Waals surface area contributed by atoms with Crippen LogP contribution in [-0.2, 0) is 9.53 Å². The first-order valence-electron chi connectivity index (χ1n) is 7.22. The average molecular weight is 319 g/mol. The number of thiophene rings is 1. The molecule has 0 radical (unpaired) electrons. The third-order valence-corrected chi connectivity index (χ3v) is 4.95. The van der Waals surface area contributed by atoms with Gasteiger partial charge in [-0.3, -0.25) is 4.79 Å². The third kappa shape index (κ3) is 3.13. The number of fused-ring (bicyclic) bond motifs is 1. The molecular weight excluding hydrogens is 302 g/mol. The molecule has 2 N–H and O–H groups in total. The van der Waals surface area contributed by atoms with Gasteiger partial charge in [-0.15, -0.1) is 11.3 Å². The molecule has 2 heterocycles. The fraction of sp³-hybridized carbons (Fsp3) is 0.375. The lowest BCUT2D eigenvalue weighted by molar-refractivity contribution is -0.124.